The molecule has 0 saturated carbocycles. The second kappa shape index (κ2) is 7.82. The van der Waals surface area contributed by atoms with Crippen LogP contribution in [0.3, 0.4) is 0 Å². The molecule has 0 aliphatic rings. The quantitative estimate of drug-likeness (QED) is 0.648. The summed E-state index contributed by atoms with van der Waals surface area (Å²) in [6.07, 6.45) is 1.37. The third-order valence-electron chi connectivity index (χ3n) is 4.31. The molecular weight excluding hydrogens is 347 g/mol. The molecule has 3 aromatic rings. The van der Waals surface area contributed by atoms with Crippen molar-refractivity contribution in [3.8, 4) is 11.3 Å². The fourth-order valence-electron chi connectivity index (χ4n) is 2.63. The van der Waals surface area contributed by atoms with Crippen molar-refractivity contribution in [1.29, 1.82) is 0 Å². The van der Waals surface area contributed by atoms with E-state index in [9.17, 15) is 14.0 Å². The fraction of sp³-hybridized carbons (Fsp3) is 0.150. The molecule has 6 nitrogen and oxygen atoms in total. The summed E-state index contributed by atoms with van der Waals surface area (Å²) in [5.41, 5.74) is 4.12. The van der Waals surface area contributed by atoms with Gasteiger partial charge in [0.1, 0.15) is 5.82 Å². The van der Waals surface area contributed by atoms with E-state index in [0.717, 1.165) is 11.1 Å². The van der Waals surface area contributed by atoms with Crippen LogP contribution in [0.25, 0.3) is 11.3 Å². The van der Waals surface area contributed by atoms with Gasteiger partial charge in [0.05, 0.1) is 24.0 Å². The molecule has 0 aliphatic heterocycles. The number of H-pyrrole nitrogens is 1. The largest absolute Gasteiger partial charge is 0.343 e. The van der Waals surface area contributed by atoms with Gasteiger partial charge in [-0.1, -0.05) is 12.1 Å². The lowest BCUT2D eigenvalue weighted by atomic mass is 10.1. The Morgan fingerprint density at radius 3 is 2.59 bits per heavy atom. The SMILES string of the molecule is Cc1cccc(NC(=O)CNC(=O)c2cn[nH]c2-c2ccc(F)cc2)c1C. The molecule has 7 heteroatoms. The summed E-state index contributed by atoms with van der Waals surface area (Å²) in [4.78, 5) is 24.6. The van der Waals surface area contributed by atoms with Crippen molar-refractivity contribution in [2.24, 2.45) is 0 Å². The van der Waals surface area contributed by atoms with Crippen LogP contribution < -0.4 is 10.6 Å². The van der Waals surface area contributed by atoms with Crippen LogP contribution in [-0.2, 0) is 4.79 Å². The standard InChI is InChI=1S/C20H19FN4O2/c1-12-4-3-5-17(13(12)2)24-18(26)11-22-20(27)16-10-23-25-19(16)14-6-8-15(21)9-7-14/h3-10H,11H2,1-2H3,(H,22,27)(H,23,25)(H,24,26). The van der Waals surface area contributed by atoms with E-state index >= 15 is 0 Å². The van der Waals surface area contributed by atoms with Gasteiger partial charge in [0.15, 0.2) is 0 Å². The highest BCUT2D eigenvalue weighted by atomic mass is 19.1. The molecule has 0 fully saturated rings. The average Bonchev–Trinajstić information content (AvgIpc) is 3.14. The van der Waals surface area contributed by atoms with Gasteiger partial charge >= 0.3 is 0 Å². The monoisotopic (exact) mass is 366 g/mol. The number of amides is 2. The molecule has 1 heterocycles. The van der Waals surface area contributed by atoms with Crippen molar-refractivity contribution in [2.45, 2.75) is 13.8 Å². The smallest absolute Gasteiger partial charge is 0.255 e. The number of nitrogens with zero attached hydrogens (tertiary/aromatic N) is 1. The van der Waals surface area contributed by atoms with E-state index in [-0.39, 0.29) is 23.8 Å². The van der Waals surface area contributed by atoms with E-state index < -0.39 is 5.91 Å². The van der Waals surface area contributed by atoms with Crippen LogP contribution in [0.1, 0.15) is 21.5 Å². The molecule has 0 saturated heterocycles. The highest BCUT2D eigenvalue weighted by molar-refractivity contribution is 6.02. The number of hydrogen-bond donors (Lipinski definition) is 3. The predicted octanol–water partition coefficient (Wildman–Crippen LogP) is 3.20. The number of aryl methyl sites for hydroxylation is 1. The maximum Gasteiger partial charge on any atom is 0.255 e. The fourth-order valence-corrected chi connectivity index (χ4v) is 2.63. The summed E-state index contributed by atoms with van der Waals surface area (Å²) in [7, 11) is 0. The van der Waals surface area contributed by atoms with Gasteiger partial charge in [-0.25, -0.2) is 4.39 Å². The average molecular weight is 366 g/mol. The molecule has 0 atom stereocenters. The number of halogens is 1. The Labute approximate surface area is 155 Å². The third-order valence-corrected chi connectivity index (χ3v) is 4.31. The number of carbonyl (C=O) groups is 2. The van der Waals surface area contributed by atoms with E-state index in [0.29, 0.717) is 16.9 Å². The first-order chi connectivity index (χ1) is 13.0. The van der Waals surface area contributed by atoms with E-state index in [1.165, 1.54) is 18.3 Å². The van der Waals surface area contributed by atoms with Gasteiger partial charge in [-0.2, -0.15) is 5.10 Å². The highest BCUT2D eigenvalue weighted by Gasteiger charge is 2.16. The zero-order valence-corrected chi connectivity index (χ0v) is 15.0. The highest BCUT2D eigenvalue weighted by Crippen LogP contribution is 2.21. The van der Waals surface area contributed by atoms with Gasteiger partial charge in [0, 0.05) is 11.3 Å². The first-order valence-corrected chi connectivity index (χ1v) is 8.39. The molecule has 138 valence electrons. The number of rotatable bonds is 5. The van der Waals surface area contributed by atoms with Crippen molar-refractivity contribution in [3.63, 3.8) is 0 Å². The number of benzene rings is 2. The van der Waals surface area contributed by atoms with Crippen LogP contribution in [0.5, 0.6) is 0 Å². The molecule has 2 aromatic carbocycles. The number of hydrogen-bond acceptors (Lipinski definition) is 3. The Balaban J connectivity index is 1.65. The Hall–Kier alpha value is -3.48. The van der Waals surface area contributed by atoms with Crippen molar-refractivity contribution < 1.29 is 14.0 Å². The number of aromatic amines is 1. The molecule has 0 unspecified atom stereocenters. The van der Waals surface area contributed by atoms with E-state index in [1.807, 2.05) is 32.0 Å². The van der Waals surface area contributed by atoms with E-state index in [1.54, 1.807) is 12.1 Å². The first kappa shape index (κ1) is 18.3. The zero-order valence-electron chi connectivity index (χ0n) is 15.0. The maximum atomic E-state index is 13.1. The predicted molar refractivity (Wildman–Crippen MR) is 101 cm³/mol. The van der Waals surface area contributed by atoms with Crippen molar-refractivity contribution in [2.75, 3.05) is 11.9 Å². The molecule has 3 N–H and O–H groups in total. The molecule has 1 aromatic heterocycles. The number of aromatic nitrogens is 2. The van der Waals surface area contributed by atoms with Gasteiger partial charge in [0.2, 0.25) is 5.91 Å². The van der Waals surface area contributed by atoms with E-state index in [4.69, 9.17) is 0 Å². The Morgan fingerprint density at radius 1 is 1.11 bits per heavy atom. The minimum atomic E-state index is -0.445. The molecule has 2 amide bonds. The number of carbonyl (C=O) groups excluding carboxylic acids is 2. The summed E-state index contributed by atoms with van der Waals surface area (Å²) < 4.78 is 13.1. The lowest BCUT2D eigenvalue weighted by Crippen LogP contribution is -2.33. The van der Waals surface area contributed by atoms with Gasteiger partial charge in [0.25, 0.3) is 5.91 Å². The summed E-state index contributed by atoms with van der Waals surface area (Å²) in [6.45, 7) is 3.70. The van der Waals surface area contributed by atoms with Gasteiger partial charge in [-0.3, -0.25) is 14.7 Å². The Morgan fingerprint density at radius 2 is 1.85 bits per heavy atom. The second-order valence-corrected chi connectivity index (χ2v) is 6.14. The topological polar surface area (TPSA) is 86.9 Å². The summed E-state index contributed by atoms with van der Waals surface area (Å²) in [5.74, 6) is -1.14. The molecule has 0 aliphatic carbocycles. The summed E-state index contributed by atoms with van der Waals surface area (Å²) >= 11 is 0. The van der Waals surface area contributed by atoms with Crippen LogP contribution >= 0.6 is 0 Å². The zero-order chi connectivity index (χ0) is 19.4. The summed E-state index contributed by atoms with van der Waals surface area (Å²) in [6, 6.07) is 11.3. The van der Waals surface area contributed by atoms with Gasteiger partial charge in [-0.15, -0.1) is 0 Å². The molecule has 3 rings (SSSR count). The van der Waals surface area contributed by atoms with Crippen molar-refractivity contribution in [1.82, 2.24) is 15.5 Å². The van der Waals surface area contributed by atoms with Crippen LogP contribution in [0, 0.1) is 19.7 Å². The minimum Gasteiger partial charge on any atom is -0.343 e. The normalized spacial score (nSPS) is 10.5. The Kier molecular flexibility index (Phi) is 5.30. The summed E-state index contributed by atoms with van der Waals surface area (Å²) in [5, 5.41) is 12.0. The molecule has 0 spiro atoms. The number of anilines is 1. The minimum absolute atomic E-state index is 0.180. The van der Waals surface area contributed by atoms with E-state index in [2.05, 4.69) is 20.8 Å². The lowest BCUT2D eigenvalue weighted by molar-refractivity contribution is -0.115. The maximum absolute atomic E-state index is 13.1. The van der Waals surface area contributed by atoms with Gasteiger partial charge < -0.3 is 10.6 Å². The molecule has 27 heavy (non-hydrogen) atoms. The van der Waals surface area contributed by atoms with Crippen molar-refractivity contribution >= 4 is 17.5 Å². The van der Waals surface area contributed by atoms with Crippen molar-refractivity contribution in [3.05, 3.63) is 71.2 Å². The van der Waals surface area contributed by atoms with Crippen LogP contribution in [-0.4, -0.2) is 28.6 Å². The van der Waals surface area contributed by atoms with Crippen LogP contribution in [0.2, 0.25) is 0 Å². The molecular formula is C20H19FN4O2. The van der Waals surface area contributed by atoms with Gasteiger partial charge in [-0.05, 0) is 55.3 Å². The Bertz CT molecular complexity index is 980. The lowest BCUT2D eigenvalue weighted by Gasteiger charge is -2.11. The number of nitrogens with one attached hydrogen (secondary N) is 3. The third kappa shape index (κ3) is 4.20. The second-order valence-electron chi connectivity index (χ2n) is 6.14. The molecule has 0 radical (unpaired) electrons. The molecule has 0 bridgehead atoms. The first-order valence-electron chi connectivity index (χ1n) is 8.39. The van der Waals surface area contributed by atoms with Crippen LogP contribution in [0.4, 0.5) is 10.1 Å². The van der Waals surface area contributed by atoms with Crippen LogP contribution in [0.15, 0.2) is 48.7 Å².